The second-order valence-electron chi connectivity index (χ2n) is 3.25. The van der Waals surface area contributed by atoms with Gasteiger partial charge in [0, 0.05) is 6.07 Å². The molecule has 0 spiro atoms. The molecule has 0 aliphatic carbocycles. The van der Waals surface area contributed by atoms with Crippen LogP contribution in [0.3, 0.4) is 0 Å². The molecule has 0 amide bonds. The van der Waals surface area contributed by atoms with E-state index < -0.39 is 0 Å². The van der Waals surface area contributed by atoms with Gasteiger partial charge >= 0.3 is 0 Å². The van der Waals surface area contributed by atoms with Crippen molar-refractivity contribution in [2.45, 2.75) is 20.4 Å². The van der Waals surface area contributed by atoms with Crippen molar-refractivity contribution in [3.05, 3.63) is 17.7 Å². The zero-order valence-corrected chi connectivity index (χ0v) is 9.64. The normalized spacial score (nSPS) is 10.2. The fourth-order valence-electron chi connectivity index (χ4n) is 1.28. The summed E-state index contributed by atoms with van der Waals surface area (Å²) >= 11 is 0. The molecular formula is C9H13N7O. The maximum atomic E-state index is 5.32. The van der Waals surface area contributed by atoms with Crippen molar-refractivity contribution < 1.29 is 4.74 Å². The Kier molecular flexibility index (Phi) is 3.43. The molecule has 0 aliphatic rings. The van der Waals surface area contributed by atoms with E-state index in [9.17, 15) is 0 Å². The number of hydrogen-bond donors (Lipinski definition) is 2. The van der Waals surface area contributed by atoms with Crippen molar-refractivity contribution >= 4 is 5.82 Å². The Bertz CT molecular complexity index is 470. The molecule has 8 heteroatoms. The smallest absolute Gasteiger partial charge is 0.218 e. The highest BCUT2D eigenvalue weighted by atomic mass is 16.5. The Labute approximate surface area is 97.8 Å². The van der Waals surface area contributed by atoms with Gasteiger partial charge in [0.1, 0.15) is 11.6 Å². The van der Waals surface area contributed by atoms with Crippen molar-refractivity contribution in [3.63, 3.8) is 0 Å². The molecule has 90 valence electrons. The number of H-pyrrole nitrogens is 1. The van der Waals surface area contributed by atoms with Crippen LogP contribution >= 0.6 is 0 Å². The van der Waals surface area contributed by atoms with Gasteiger partial charge in [0.05, 0.1) is 13.2 Å². The Morgan fingerprint density at radius 1 is 1.41 bits per heavy atom. The van der Waals surface area contributed by atoms with Crippen molar-refractivity contribution in [3.8, 4) is 5.88 Å². The Morgan fingerprint density at radius 3 is 3.00 bits per heavy atom. The summed E-state index contributed by atoms with van der Waals surface area (Å²) in [6.45, 7) is 4.73. The Balaban J connectivity index is 2.04. The third kappa shape index (κ3) is 3.10. The second kappa shape index (κ2) is 5.19. The zero-order chi connectivity index (χ0) is 12.1. The van der Waals surface area contributed by atoms with Crippen LogP contribution in [0.2, 0.25) is 0 Å². The highest BCUT2D eigenvalue weighted by molar-refractivity contribution is 5.38. The Hall–Kier alpha value is -2.25. The van der Waals surface area contributed by atoms with Gasteiger partial charge in [0.15, 0.2) is 5.82 Å². The van der Waals surface area contributed by atoms with E-state index in [1.807, 2.05) is 13.8 Å². The first-order valence-corrected chi connectivity index (χ1v) is 5.22. The summed E-state index contributed by atoms with van der Waals surface area (Å²) in [5.41, 5.74) is 0. The van der Waals surface area contributed by atoms with Gasteiger partial charge in [-0.3, -0.25) is 0 Å². The van der Waals surface area contributed by atoms with E-state index in [1.165, 1.54) is 0 Å². The minimum atomic E-state index is 0.443. The van der Waals surface area contributed by atoms with E-state index in [2.05, 4.69) is 35.9 Å². The zero-order valence-electron chi connectivity index (χ0n) is 9.64. The minimum Gasteiger partial charge on any atom is -0.478 e. The maximum Gasteiger partial charge on any atom is 0.218 e. The van der Waals surface area contributed by atoms with Crippen LogP contribution < -0.4 is 10.1 Å². The summed E-state index contributed by atoms with van der Waals surface area (Å²) < 4.78 is 5.32. The first-order valence-electron chi connectivity index (χ1n) is 5.22. The van der Waals surface area contributed by atoms with Gasteiger partial charge in [-0.2, -0.15) is 10.2 Å². The molecule has 0 bridgehead atoms. The summed E-state index contributed by atoms with van der Waals surface area (Å²) in [6.07, 6.45) is 0. The second-order valence-corrected chi connectivity index (χ2v) is 3.25. The number of anilines is 1. The van der Waals surface area contributed by atoms with Gasteiger partial charge in [0.25, 0.3) is 0 Å². The molecule has 8 nitrogen and oxygen atoms in total. The monoisotopic (exact) mass is 235 g/mol. The van der Waals surface area contributed by atoms with Crippen LogP contribution in [0.1, 0.15) is 18.6 Å². The summed E-state index contributed by atoms with van der Waals surface area (Å²) in [5, 5.41) is 16.6. The summed E-state index contributed by atoms with van der Waals surface area (Å²) in [5.74, 6) is 2.44. The van der Waals surface area contributed by atoms with Gasteiger partial charge < -0.3 is 10.1 Å². The lowest BCUT2D eigenvalue weighted by Crippen LogP contribution is -2.06. The van der Waals surface area contributed by atoms with Crippen LogP contribution in [0.5, 0.6) is 5.88 Å². The molecule has 0 saturated carbocycles. The number of nitrogens with one attached hydrogen (secondary N) is 2. The molecular weight excluding hydrogens is 222 g/mol. The van der Waals surface area contributed by atoms with E-state index >= 15 is 0 Å². The third-order valence-corrected chi connectivity index (χ3v) is 1.92. The van der Waals surface area contributed by atoms with E-state index in [-0.39, 0.29) is 0 Å². The standard InChI is InChI=1S/C9H13N7O/c1-3-17-9-4-7(11-6(2)12-9)10-5-8-13-15-16-14-8/h4H,3,5H2,1-2H3,(H,10,11,12)(H,13,14,15,16). The van der Waals surface area contributed by atoms with E-state index in [4.69, 9.17) is 4.74 Å². The molecule has 2 N–H and O–H groups in total. The van der Waals surface area contributed by atoms with E-state index in [1.54, 1.807) is 6.07 Å². The van der Waals surface area contributed by atoms with Crippen LogP contribution in [0.25, 0.3) is 0 Å². The highest BCUT2D eigenvalue weighted by Crippen LogP contribution is 2.13. The predicted molar refractivity (Wildman–Crippen MR) is 59.4 cm³/mol. The molecule has 0 aliphatic heterocycles. The van der Waals surface area contributed by atoms with Crippen molar-refractivity contribution in [2.24, 2.45) is 0 Å². The fraction of sp³-hybridized carbons (Fsp3) is 0.444. The number of aromatic amines is 1. The van der Waals surface area contributed by atoms with Crippen LogP contribution in [0, 0.1) is 6.92 Å². The van der Waals surface area contributed by atoms with Gasteiger partial charge in [0.2, 0.25) is 5.88 Å². The van der Waals surface area contributed by atoms with Crippen molar-refractivity contribution in [2.75, 3.05) is 11.9 Å². The van der Waals surface area contributed by atoms with Gasteiger partial charge in [-0.1, -0.05) is 5.21 Å². The summed E-state index contributed by atoms with van der Waals surface area (Å²) in [4.78, 5) is 8.37. The average Bonchev–Trinajstić information content (AvgIpc) is 2.79. The molecule has 0 fully saturated rings. The molecule has 0 saturated heterocycles. The van der Waals surface area contributed by atoms with Gasteiger partial charge in [-0.15, -0.1) is 10.2 Å². The number of rotatable bonds is 5. The van der Waals surface area contributed by atoms with Gasteiger partial charge in [-0.05, 0) is 13.8 Å². The van der Waals surface area contributed by atoms with Crippen LogP contribution in [-0.2, 0) is 6.54 Å². The molecule has 2 aromatic heterocycles. The highest BCUT2D eigenvalue weighted by Gasteiger charge is 2.03. The summed E-state index contributed by atoms with van der Waals surface area (Å²) in [7, 11) is 0. The molecule has 0 aromatic carbocycles. The van der Waals surface area contributed by atoms with Gasteiger partial charge in [-0.25, -0.2) is 4.98 Å². The summed E-state index contributed by atoms with van der Waals surface area (Å²) in [6, 6.07) is 1.73. The number of aromatic nitrogens is 6. The van der Waals surface area contributed by atoms with E-state index in [0.29, 0.717) is 36.5 Å². The van der Waals surface area contributed by atoms with E-state index in [0.717, 1.165) is 0 Å². The van der Waals surface area contributed by atoms with Crippen molar-refractivity contribution in [1.82, 2.24) is 30.6 Å². The first kappa shape index (κ1) is 11.2. The molecule has 2 heterocycles. The lowest BCUT2D eigenvalue weighted by molar-refractivity contribution is 0.325. The van der Waals surface area contributed by atoms with Crippen LogP contribution in [-0.4, -0.2) is 37.2 Å². The number of aryl methyl sites for hydroxylation is 1. The predicted octanol–water partition coefficient (Wildman–Crippen LogP) is 0.309. The number of ether oxygens (including phenoxy) is 1. The molecule has 0 atom stereocenters. The molecule has 2 aromatic rings. The molecule has 17 heavy (non-hydrogen) atoms. The molecule has 0 unspecified atom stereocenters. The largest absolute Gasteiger partial charge is 0.478 e. The van der Waals surface area contributed by atoms with Crippen LogP contribution in [0.15, 0.2) is 6.07 Å². The number of hydrogen-bond acceptors (Lipinski definition) is 7. The average molecular weight is 235 g/mol. The molecule has 2 rings (SSSR count). The number of tetrazole rings is 1. The lowest BCUT2D eigenvalue weighted by Gasteiger charge is -2.07. The molecule has 0 radical (unpaired) electrons. The third-order valence-electron chi connectivity index (χ3n) is 1.92. The topological polar surface area (TPSA) is 102 Å². The first-order chi connectivity index (χ1) is 8.28. The van der Waals surface area contributed by atoms with Crippen LogP contribution in [0.4, 0.5) is 5.82 Å². The Morgan fingerprint density at radius 2 is 2.29 bits per heavy atom. The number of nitrogens with zero attached hydrogens (tertiary/aromatic N) is 5. The maximum absolute atomic E-state index is 5.32. The lowest BCUT2D eigenvalue weighted by atomic mass is 10.5. The quantitative estimate of drug-likeness (QED) is 0.768. The minimum absolute atomic E-state index is 0.443. The SMILES string of the molecule is CCOc1cc(NCc2nn[nH]n2)nc(C)n1. The van der Waals surface area contributed by atoms with Crippen molar-refractivity contribution in [1.29, 1.82) is 0 Å². The fourth-order valence-corrected chi connectivity index (χ4v) is 1.28.